The van der Waals surface area contributed by atoms with Gasteiger partial charge in [-0.3, -0.25) is 9.89 Å². The third-order valence-electron chi connectivity index (χ3n) is 5.17. The van der Waals surface area contributed by atoms with Crippen LogP contribution >= 0.6 is 0 Å². The standard InChI is InChI=1S/C23H40N4O4/c1-18(2)17-31-12-6-9-25-23(24-3)26-16-20(27-10-13-30-14-11-27)19-7-8-21(28-4)22(15-19)29-5/h7-8,15,18,20H,6,9-14,16-17H2,1-5H3,(H2,24,25,26). The van der Waals surface area contributed by atoms with Gasteiger partial charge in [0.15, 0.2) is 17.5 Å². The summed E-state index contributed by atoms with van der Waals surface area (Å²) < 4.78 is 22.1. The molecule has 0 spiro atoms. The SMILES string of the molecule is CN=C(NCCCOCC(C)C)NCC(c1ccc(OC)c(OC)c1)N1CCOCC1. The number of hydrogen-bond acceptors (Lipinski definition) is 6. The minimum atomic E-state index is 0.164. The van der Waals surface area contributed by atoms with Crippen LogP contribution in [-0.4, -0.2) is 84.7 Å². The lowest BCUT2D eigenvalue weighted by Crippen LogP contribution is -2.46. The van der Waals surface area contributed by atoms with Crippen LogP contribution in [-0.2, 0) is 9.47 Å². The molecule has 2 rings (SSSR count). The first-order valence-corrected chi connectivity index (χ1v) is 11.1. The van der Waals surface area contributed by atoms with Gasteiger partial charge in [0, 0.05) is 46.4 Å². The molecule has 0 aliphatic carbocycles. The smallest absolute Gasteiger partial charge is 0.191 e. The lowest BCUT2D eigenvalue weighted by Gasteiger charge is -2.35. The monoisotopic (exact) mass is 436 g/mol. The average molecular weight is 437 g/mol. The zero-order valence-corrected chi connectivity index (χ0v) is 19.8. The fraction of sp³-hybridized carbons (Fsp3) is 0.696. The highest BCUT2D eigenvalue weighted by Gasteiger charge is 2.24. The second-order valence-electron chi connectivity index (χ2n) is 7.98. The Kier molecular flexibility index (Phi) is 11.5. The zero-order valence-electron chi connectivity index (χ0n) is 19.8. The van der Waals surface area contributed by atoms with Gasteiger partial charge in [0.25, 0.3) is 0 Å². The van der Waals surface area contributed by atoms with Crippen LogP contribution in [0.15, 0.2) is 23.2 Å². The molecule has 1 aromatic rings. The van der Waals surface area contributed by atoms with E-state index in [9.17, 15) is 0 Å². The van der Waals surface area contributed by atoms with Gasteiger partial charge in [0.1, 0.15) is 0 Å². The van der Waals surface area contributed by atoms with Crippen molar-refractivity contribution in [3.05, 3.63) is 23.8 Å². The van der Waals surface area contributed by atoms with Crippen molar-refractivity contribution in [3.63, 3.8) is 0 Å². The van der Waals surface area contributed by atoms with Gasteiger partial charge in [-0.2, -0.15) is 0 Å². The van der Waals surface area contributed by atoms with Gasteiger partial charge in [0.05, 0.1) is 33.5 Å². The van der Waals surface area contributed by atoms with Crippen molar-refractivity contribution in [3.8, 4) is 11.5 Å². The van der Waals surface area contributed by atoms with Crippen molar-refractivity contribution < 1.29 is 18.9 Å². The largest absolute Gasteiger partial charge is 0.493 e. The van der Waals surface area contributed by atoms with Gasteiger partial charge in [-0.05, 0) is 30.0 Å². The van der Waals surface area contributed by atoms with Crippen LogP contribution < -0.4 is 20.1 Å². The molecule has 1 heterocycles. The summed E-state index contributed by atoms with van der Waals surface area (Å²) in [7, 11) is 5.12. The predicted molar refractivity (Wildman–Crippen MR) is 124 cm³/mol. The second-order valence-corrected chi connectivity index (χ2v) is 7.98. The number of guanidine groups is 1. The van der Waals surface area contributed by atoms with Crippen LogP contribution in [0.2, 0.25) is 0 Å². The molecular weight excluding hydrogens is 396 g/mol. The van der Waals surface area contributed by atoms with E-state index in [-0.39, 0.29) is 6.04 Å². The van der Waals surface area contributed by atoms with E-state index in [1.165, 1.54) is 5.56 Å². The quantitative estimate of drug-likeness (QED) is 0.296. The van der Waals surface area contributed by atoms with Crippen LogP contribution in [0, 0.1) is 5.92 Å². The van der Waals surface area contributed by atoms with Crippen LogP contribution in [0.1, 0.15) is 31.9 Å². The van der Waals surface area contributed by atoms with E-state index in [4.69, 9.17) is 18.9 Å². The van der Waals surface area contributed by atoms with E-state index < -0.39 is 0 Å². The predicted octanol–water partition coefficient (Wildman–Crippen LogP) is 2.30. The molecule has 0 saturated carbocycles. The molecular formula is C23H40N4O4. The van der Waals surface area contributed by atoms with Crippen molar-refractivity contribution in [1.82, 2.24) is 15.5 Å². The van der Waals surface area contributed by atoms with Crippen LogP contribution in [0.5, 0.6) is 11.5 Å². The Morgan fingerprint density at radius 2 is 1.87 bits per heavy atom. The number of rotatable bonds is 12. The molecule has 31 heavy (non-hydrogen) atoms. The third kappa shape index (κ3) is 8.55. The molecule has 1 aliphatic rings. The molecule has 176 valence electrons. The minimum Gasteiger partial charge on any atom is -0.493 e. The number of methoxy groups -OCH3 is 2. The Morgan fingerprint density at radius 1 is 1.13 bits per heavy atom. The Labute approximate surface area is 187 Å². The molecule has 1 saturated heterocycles. The normalized spacial score (nSPS) is 16.3. The average Bonchev–Trinajstić information content (AvgIpc) is 2.80. The first-order valence-electron chi connectivity index (χ1n) is 11.1. The maximum absolute atomic E-state index is 5.65. The van der Waals surface area contributed by atoms with Crippen molar-refractivity contribution in [2.24, 2.45) is 10.9 Å². The first-order chi connectivity index (χ1) is 15.1. The van der Waals surface area contributed by atoms with Crippen molar-refractivity contribution in [2.75, 3.05) is 73.9 Å². The van der Waals surface area contributed by atoms with E-state index in [2.05, 4.69) is 46.5 Å². The molecule has 1 atom stereocenters. The zero-order chi connectivity index (χ0) is 22.5. The number of hydrogen-bond donors (Lipinski definition) is 2. The summed E-state index contributed by atoms with van der Waals surface area (Å²) in [5.41, 5.74) is 1.17. The second kappa shape index (κ2) is 14.1. The van der Waals surface area contributed by atoms with Crippen molar-refractivity contribution in [2.45, 2.75) is 26.3 Å². The van der Waals surface area contributed by atoms with Crippen LogP contribution in [0.25, 0.3) is 0 Å². The fourth-order valence-electron chi connectivity index (χ4n) is 3.52. The molecule has 1 unspecified atom stereocenters. The summed E-state index contributed by atoms with van der Waals surface area (Å²) in [5.74, 6) is 2.83. The highest BCUT2D eigenvalue weighted by atomic mass is 16.5. The van der Waals surface area contributed by atoms with Gasteiger partial charge in [-0.15, -0.1) is 0 Å². The number of aliphatic imine (C=N–C) groups is 1. The van der Waals surface area contributed by atoms with Gasteiger partial charge in [-0.1, -0.05) is 19.9 Å². The number of benzene rings is 1. The topological polar surface area (TPSA) is 76.6 Å². The Balaban J connectivity index is 1.96. The van der Waals surface area contributed by atoms with Crippen LogP contribution in [0.3, 0.4) is 0 Å². The minimum absolute atomic E-state index is 0.164. The molecule has 1 aromatic carbocycles. The van der Waals surface area contributed by atoms with Crippen molar-refractivity contribution >= 4 is 5.96 Å². The summed E-state index contributed by atoms with van der Waals surface area (Å²) in [4.78, 5) is 6.81. The number of nitrogens with zero attached hydrogens (tertiary/aromatic N) is 2. The molecule has 8 nitrogen and oxygen atoms in total. The van der Waals surface area contributed by atoms with Gasteiger partial charge < -0.3 is 29.6 Å². The Hall–Kier alpha value is -2.03. The molecule has 1 aliphatic heterocycles. The maximum Gasteiger partial charge on any atom is 0.191 e. The third-order valence-corrected chi connectivity index (χ3v) is 5.17. The first kappa shape index (κ1) is 25.2. The lowest BCUT2D eigenvalue weighted by molar-refractivity contribution is 0.0169. The van der Waals surface area contributed by atoms with E-state index in [0.717, 1.165) is 76.5 Å². The molecule has 1 fully saturated rings. The lowest BCUT2D eigenvalue weighted by atomic mass is 10.0. The fourth-order valence-corrected chi connectivity index (χ4v) is 3.52. The molecule has 0 bridgehead atoms. The summed E-state index contributed by atoms with van der Waals surface area (Å²) in [5, 5.41) is 6.86. The van der Waals surface area contributed by atoms with Crippen molar-refractivity contribution in [1.29, 1.82) is 0 Å². The highest BCUT2D eigenvalue weighted by molar-refractivity contribution is 5.79. The summed E-state index contributed by atoms with van der Waals surface area (Å²) >= 11 is 0. The Bertz CT molecular complexity index is 663. The molecule has 0 aromatic heterocycles. The Morgan fingerprint density at radius 3 is 2.52 bits per heavy atom. The van der Waals surface area contributed by atoms with E-state index in [1.807, 2.05) is 6.07 Å². The number of morpholine rings is 1. The maximum atomic E-state index is 5.65. The molecule has 0 radical (unpaired) electrons. The van der Waals surface area contributed by atoms with E-state index >= 15 is 0 Å². The molecule has 8 heteroatoms. The number of ether oxygens (including phenoxy) is 4. The summed E-state index contributed by atoms with van der Waals surface area (Å²) in [6, 6.07) is 6.29. The highest BCUT2D eigenvalue weighted by Crippen LogP contribution is 2.32. The molecule has 0 amide bonds. The van der Waals surface area contributed by atoms with Crippen LogP contribution in [0.4, 0.5) is 0 Å². The molecule has 2 N–H and O–H groups in total. The van der Waals surface area contributed by atoms with Gasteiger partial charge in [0.2, 0.25) is 0 Å². The summed E-state index contributed by atoms with van der Waals surface area (Å²) in [6.07, 6.45) is 0.940. The summed E-state index contributed by atoms with van der Waals surface area (Å²) in [6.45, 7) is 10.7. The number of nitrogens with one attached hydrogen (secondary N) is 2. The van der Waals surface area contributed by atoms with E-state index in [1.54, 1.807) is 21.3 Å². The van der Waals surface area contributed by atoms with Gasteiger partial charge >= 0.3 is 0 Å². The van der Waals surface area contributed by atoms with E-state index in [0.29, 0.717) is 5.92 Å². The van der Waals surface area contributed by atoms with Gasteiger partial charge in [-0.25, -0.2) is 0 Å².